The number of rotatable bonds is 6. The molecule has 83 valence electrons. The van der Waals surface area contributed by atoms with Gasteiger partial charge in [-0.3, -0.25) is 0 Å². The minimum Gasteiger partial charge on any atom is -0.0654 e. The summed E-state index contributed by atoms with van der Waals surface area (Å²) in [6, 6.07) is 0. The van der Waals surface area contributed by atoms with Crippen molar-refractivity contribution in [2.45, 2.75) is 71.6 Å². The van der Waals surface area contributed by atoms with Crippen molar-refractivity contribution in [1.29, 1.82) is 0 Å². The second-order valence-electron chi connectivity index (χ2n) is 4.87. The van der Waals surface area contributed by atoms with Crippen LogP contribution in [0.15, 0.2) is 0 Å². The average molecular weight is 195 g/mol. The maximum Gasteiger partial charge on any atom is -0.0352 e. The highest BCUT2D eigenvalue weighted by Crippen LogP contribution is 2.35. The smallest absolute Gasteiger partial charge is 0.0352 e. The number of unbranched alkanes of at least 4 members (excludes halogenated alkanes) is 2. The lowest BCUT2D eigenvalue weighted by Gasteiger charge is -2.31. The fraction of sp³-hybridized carbons (Fsp3) is 0.929. The lowest BCUT2D eigenvalue weighted by atomic mass is 9.74. The molecule has 1 radical (unpaired) electrons. The first-order chi connectivity index (χ1) is 6.88. The summed E-state index contributed by atoms with van der Waals surface area (Å²) >= 11 is 0. The lowest BCUT2D eigenvalue weighted by Crippen LogP contribution is -2.20. The van der Waals surface area contributed by atoms with Gasteiger partial charge in [-0.05, 0) is 31.1 Å². The van der Waals surface area contributed by atoms with Gasteiger partial charge in [-0.2, -0.15) is 0 Å². The van der Waals surface area contributed by atoms with Crippen molar-refractivity contribution in [1.82, 2.24) is 0 Å². The van der Waals surface area contributed by atoms with Crippen molar-refractivity contribution in [3.63, 3.8) is 0 Å². The molecule has 1 saturated carbocycles. The summed E-state index contributed by atoms with van der Waals surface area (Å²) in [6.07, 6.45) is 15.5. The Morgan fingerprint density at radius 1 is 1.07 bits per heavy atom. The SMILES string of the molecule is CCCCC1[CH]CCCC1CCCC. The molecule has 0 heterocycles. The van der Waals surface area contributed by atoms with Gasteiger partial charge in [0.1, 0.15) is 0 Å². The molecule has 0 nitrogen and oxygen atoms in total. The van der Waals surface area contributed by atoms with Crippen molar-refractivity contribution in [2.24, 2.45) is 11.8 Å². The first-order valence-corrected chi connectivity index (χ1v) is 6.71. The van der Waals surface area contributed by atoms with Crippen molar-refractivity contribution >= 4 is 0 Å². The summed E-state index contributed by atoms with van der Waals surface area (Å²) in [5.74, 6) is 2.01. The van der Waals surface area contributed by atoms with Crippen LogP contribution < -0.4 is 0 Å². The standard InChI is InChI=1S/C14H27/c1-3-5-9-13-11-7-8-12-14(13)10-6-4-2/h11,13-14H,3-10,12H2,1-2H3. The zero-order valence-corrected chi connectivity index (χ0v) is 10.1. The molecule has 0 spiro atoms. The predicted molar refractivity (Wildman–Crippen MR) is 64.2 cm³/mol. The predicted octanol–water partition coefficient (Wildman–Crippen LogP) is 4.99. The first kappa shape index (κ1) is 12.1. The van der Waals surface area contributed by atoms with Crippen LogP contribution >= 0.6 is 0 Å². The minimum absolute atomic E-state index is 0.968. The zero-order valence-electron chi connectivity index (χ0n) is 10.1. The highest BCUT2D eigenvalue weighted by molar-refractivity contribution is 4.86. The van der Waals surface area contributed by atoms with Gasteiger partial charge in [-0.1, -0.05) is 58.8 Å². The molecule has 0 heteroatoms. The topological polar surface area (TPSA) is 0 Å². The van der Waals surface area contributed by atoms with Crippen molar-refractivity contribution in [2.75, 3.05) is 0 Å². The Kier molecular flexibility index (Phi) is 6.31. The third kappa shape index (κ3) is 4.02. The number of hydrogen-bond donors (Lipinski definition) is 0. The molecule has 1 rings (SSSR count). The van der Waals surface area contributed by atoms with E-state index in [9.17, 15) is 0 Å². The van der Waals surface area contributed by atoms with Crippen LogP contribution in [0.3, 0.4) is 0 Å². The Balaban J connectivity index is 2.26. The van der Waals surface area contributed by atoms with Gasteiger partial charge in [0.15, 0.2) is 0 Å². The monoisotopic (exact) mass is 195 g/mol. The molecule has 1 aliphatic carbocycles. The van der Waals surface area contributed by atoms with E-state index in [1.165, 1.54) is 57.8 Å². The molecule has 1 aliphatic rings. The minimum atomic E-state index is 0.968. The van der Waals surface area contributed by atoms with E-state index >= 15 is 0 Å². The molecule has 14 heavy (non-hydrogen) atoms. The van der Waals surface area contributed by atoms with Crippen LogP contribution in [0.4, 0.5) is 0 Å². The Bertz CT molecular complexity index is 112. The molecular formula is C14H27. The van der Waals surface area contributed by atoms with E-state index in [4.69, 9.17) is 0 Å². The number of hydrogen-bond acceptors (Lipinski definition) is 0. The van der Waals surface area contributed by atoms with Crippen molar-refractivity contribution in [3.8, 4) is 0 Å². The summed E-state index contributed by atoms with van der Waals surface area (Å²) in [5, 5.41) is 0. The molecular weight excluding hydrogens is 168 g/mol. The van der Waals surface area contributed by atoms with Gasteiger partial charge in [0.05, 0.1) is 0 Å². The summed E-state index contributed by atoms with van der Waals surface area (Å²) in [5.41, 5.74) is 0. The van der Waals surface area contributed by atoms with E-state index < -0.39 is 0 Å². The molecule has 0 amide bonds. The maximum absolute atomic E-state index is 2.62. The second kappa shape index (κ2) is 7.31. The zero-order chi connectivity index (χ0) is 10.2. The molecule has 0 aromatic heterocycles. The fourth-order valence-corrected chi connectivity index (χ4v) is 2.74. The van der Waals surface area contributed by atoms with E-state index in [2.05, 4.69) is 20.3 Å². The molecule has 0 bridgehead atoms. The van der Waals surface area contributed by atoms with Gasteiger partial charge in [0.2, 0.25) is 0 Å². The van der Waals surface area contributed by atoms with Gasteiger partial charge in [0, 0.05) is 0 Å². The van der Waals surface area contributed by atoms with Gasteiger partial charge in [-0.25, -0.2) is 0 Å². The fourth-order valence-electron chi connectivity index (χ4n) is 2.74. The normalized spacial score (nSPS) is 27.9. The highest BCUT2D eigenvalue weighted by atomic mass is 14.3. The van der Waals surface area contributed by atoms with E-state index in [1.54, 1.807) is 0 Å². The quantitative estimate of drug-likeness (QED) is 0.560. The van der Waals surface area contributed by atoms with E-state index in [0.717, 1.165) is 11.8 Å². The summed E-state index contributed by atoms with van der Waals surface area (Å²) in [7, 11) is 0. The first-order valence-electron chi connectivity index (χ1n) is 6.71. The van der Waals surface area contributed by atoms with E-state index in [1.807, 2.05) is 0 Å². The van der Waals surface area contributed by atoms with Gasteiger partial charge in [-0.15, -0.1) is 0 Å². The Morgan fingerprint density at radius 3 is 2.50 bits per heavy atom. The van der Waals surface area contributed by atoms with Crippen molar-refractivity contribution in [3.05, 3.63) is 6.42 Å². The Labute approximate surface area is 90.5 Å². The van der Waals surface area contributed by atoms with Gasteiger partial charge in [0.25, 0.3) is 0 Å². The van der Waals surface area contributed by atoms with Crippen LogP contribution in [0, 0.1) is 18.3 Å². The molecule has 0 N–H and O–H groups in total. The molecule has 2 atom stereocenters. The molecule has 1 fully saturated rings. The van der Waals surface area contributed by atoms with Crippen LogP contribution in [0.2, 0.25) is 0 Å². The van der Waals surface area contributed by atoms with Crippen LogP contribution in [0.1, 0.15) is 71.6 Å². The molecule has 2 unspecified atom stereocenters. The Morgan fingerprint density at radius 2 is 1.79 bits per heavy atom. The van der Waals surface area contributed by atoms with Crippen LogP contribution in [0.5, 0.6) is 0 Å². The lowest BCUT2D eigenvalue weighted by molar-refractivity contribution is 0.257. The van der Waals surface area contributed by atoms with E-state index in [0.29, 0.717) is 0 Å². The van der Waals surface area contributed by atoms with Crippen LogP contribution in [-0.4, -0.2) is 0 Å². The summed E-state index contributed by atoms with van der Waals surface area (Å²) in [6.45, 7) is 4.62. The molecule has 0 aliphatic heterocycles. The maximum atomic E-state index is 2.62. The highest BCUT2D eigenvalue weighted by Gasteiger charge is 2.23. The third-order valence-electron chi connectivity index (χ3n) is 3.67. The molecule has 0 saturated heterocycles. The van der Waals surface area contributed by atoms with Crippen LogP contribution in [-0.2, 0) is 0 Å². The third-order valence-corrected chi connectivity index (χ3v) is 3.67. The average Bonchev–Trinajstić information content (AvgIpc) is 2.24. The summed E-state index contributed by atoms with van der Waals surface area (Å²) < 4.78 is 0. The largest absolute Gasteiger partial charge is 0.0654 e. The second-order valence-corrected chi connectivity index (χ2v) is 4.87. The van der Waals surface area contributed by atoms with E-state index in [-0.39, 0.29) is 0 Å². The van der Waals surface area contributed by atoms with Gasteiger partial charge < -0.3 is 0 Å². The molecule has 0 aromatic carbocycles. The molecule has 0 aromatic rings. The van der Waals surface area contributed by atoms with Gasteiger partial charge >= 0.3 is 0 Å². The Hall–Kier alpha value is 0. The summed E-state index contributed by atoms with van der Waals surface area (Å²) in [4.78, 5) is 0. The van der Waals surface area contributed by atoms with Crippen molar-refractivity contribution < 1.29 is 0 Å². The van der Waals surface area contributed by atoms with Crippen LogP contribution in [0.25, 0.3) is 0 Å².